The molecule has 0 fully saturated rings. The van der Waals surface area contributed by atoms with Crippen LogP contribution in [-0.4, -0.2) is 21.4 Å². The molecule has 0 bridgehead atoms. The second kappa shape index (κ2) is 5.54. The summed E-state index contributed by atoms with van der Waals surface area (Å²) in [5.41, 5.74) is 0.617. The van der Waals surface area contributed by atoms with Gasteiger partial charge in [0.25, 0.3) is 0 Å². The molecule has 0 unspecified atom stereocenters. The van der Waals surface area contributed by atoms with Crippen LogP contribution in [0.5, 0.6) is 0 Å². The summed E-state index contributed by atoms with van der Waals surface area (Å²) in [6.07, 6.45) is 1.67. The van der Waals surface area contributed by atoms with Crippen LogP contribution in [0, 0.1) is 0 Å². The van der Waals surface area contributed by atoms with Crippen molar-refractivity contribution in [1.29, 1.82) is 0 Å². The predicted molar refractivity (Wildman–Crippen MR) is 59.2 cm³/mol. The highest BCUT2D eigenvalue weighted by atomic mass is 35.6. The molecule has 0 saturated carbocycles. The summed E-state index contributed by atoms with van der Waals surface area (Å²) >= 11 is 16.3. The minimum atomic E-state index is -1.57. The van der Waals surface area contributed by atoms with Gasteiger partial charge in [-0.05, 0) is 12.1 Å². The fraction of sp³-hybridized carbons (Fsp3) is 0.333. The molecular weight excluding hydrogens is 260 g/mol. The van der Waals surface area contributed by atoms with Crippen LogP contribution in [0.15, 0.2) is 24.4 Å². The Balaban J connectivity index is 2.38. The van der Waals surface area contributed by atoms with Gasteiger partial charge >= 0.3 is 5.97 Å². The van der Waals surface area contributed by atoms with Gasteiger partial charge in [-0.1, -0.05) is 40.9 Å². The van der Waals surface area contributed by atoms with Gasteiger partial charge in [-0.15, -0.1) is 0 Å². The quantitative estimate of drug-likeness (QED) is 0.625. The maximum Gasteiger partial charge on any atom is 0.312 e. The Morgan fingerprint density at radius 2 is 2.13 bits per heavy atom. The molecule has 1 heterocycles. The van der Waals surface area contributed by atoms with E-state index in [1.54, 1.807) is 24.4 Å². The number of rotatable bonds is 3. The van der Waals surface area contributed by atoms with Crippen molar-refractivity contribution in [3.63, 3.8) is 0 Å². The summed E-state index contributed by atoms with van der Waals surface area (Å²) in [4.78, 5) is 15.2. The minimum absolute atomic E-state index is 0.0710. The Hall–Kier alpha value is -0.510. The molecule has 0 saturated heterocycles. The lowest BCUT2D eigenvalue weighted by molar-refractivity contribution is -0.142. The summed E-state index contributed by atoms with van der Waals surface area (Å²) in [6, 6.07) is 5.26. The number of nitrogens with zero attached hydrogens (tertiary/aromatic N) is 1. The van der Waals surface area contributed by atoms with Crippen LogP contribution < -0.4 is 0 Å². The number of hydrogen-bond donors (Lipinski definition) is 0. The van der Waals surface area contributed by atoms with E-state index in [-0.39, 0.29) is 13.0 Å². The Kier molecular flexibility index (Phi) is 4.64. The lowest BCUT2D eigenvalue weighted by atomic mass is 10.3. The van der Waals surface area contributed by atoms with Gasteiger partial charge in [-0.2, -0.15) is 0 Å². The summed E-state index contributed by atoms with van der Waals surface area (Å²) in [7, 11) is 0. The molecular formula is C9H8Cl3NO2. The number of aromatic nitrogens is 1. The van der Waals surface area contributed by atoms with Crippen LogP contribution in [0.2, 0.25) is 0 Å². The number of carbonyl (C=O) groups excluding carboxylic acids is 1. The lowest BCUT2D eigenvalue weighted by Gasteiger charge is -2.10. The van der Waals surface area contributed by atoms with Crippen molar-refractivity contribution in [1.82, 2.24) is 4.98 Å². The van der Waals surface area contributed by atoms with Crippen LogP contribution in [0.25, 0.3) is 0 Å². The van der Waals surface area contributed by atoms with Gasteiger partial charge in [-0.25, -0.2) is 0 Å². The first kappa shape index (κ1) is 12.6. The second-order valence-electron chi connectivity index (χ2n) is 2.77. The number of hydrogen-bond acceptors (Lipinski definition) is 3. The Bertz CT molecular complexity index is 324. The molecule has 0 aliphatic carbocycles. The van der Waals surface area contributed by atoms with Crippen molar-refractivity contribution >= 4 is 40.8 Å². The molecule has 0 amide bonds. The standard InChI is InChI=1S/C9H8Cl3NO2/c10-9(11,12)6-15-8(14)5-7-3-1-2-4-13-7/h1-4H,5-6H2. The van der Waals surface area contributed by atoms with Crippen molar-refractivity contribution in [2.24, 2.45) is 0 Å². The third-order valence-electron chi connectivity index (χ3n) is 1.45. The topological polar surface area (TPSA) is 39.2 Å². The highest BCUT2D eigenvalue weighted by Gasteiger charge is 2.22. The van der Waals surface area contributed by atoms with E-state index in [1.807, 2.05) is 0 Å². The zero-order valence-corrected chi connectivity index (χ0v) is 9.89. The molecule has 1 aromatic heterocycles. The maximum absolute atomic E-state index is 11.2. The van der Waals surface area contributed by atoms with Crippen LogP contribution in [0.3, 0.4) is 0 Å². The lowest BCUT2D eigenvalue weighted by Crippen LogP contribution is -2.18. The predicted octanol–water partition coefficient (Wildman–Crippen LogP) is 2.54. The number of alkyl halides is 3. The average Bonchev–Trinajstić information content (AvgIpc) is 2.15. The van der Waals surface area contributed by atoms with Crippen LogP contribution in [-0.2, 0) is 16.0 Å². The van der Waals surface area contributed by atoms with E-state index in [0.29, 0.717) is 5.69 Å². The Morgan fingerprint density at radius 3 is 2.67 bits per heavy atom. The monoisotopic (exact) mass is 267 g/mol. The third kappa shape index (κ3) is 5.82. The van der Waals surface area contributed by atoms with Gasteiger partial charge in [0.15, 0.2) is 0 Å². The van der Waals surface area contributed by atoms with Crippen molar-refractivity contribution in [3.05, 3.63) is 30.1 Å². The van der Waals surface area contributed by atoms with Crippen molar-refractivity contribution in [2.75, 3.05) is 6.61 Å². The first-order valence-corrected chi connectivity index (χ1v) is 5.23. The van der Waals surface area contributed by atoms with Gasteiger partial charge in [0, 0.05) is 6.20 Å². The molecule has 0 atom stereocenters. The van der Waals surface area contributed by atoms with Gasteiger partial charge in [0.1, 0.15) is 6.61 Å². The molecule has 0 radical (unpaired) electrons. The minimum Gasteiger partial charge on any atom is -0.461 e. The van der Waals surface area contributed by atoms with E-state index in [0.717, 1.165) is 0 Å². The van der Waals surface area contributed by atoms with Crippen LogP contribution >= 0.6 is 34.8 Å². The number of esters is 1. The molecule has 1 aromatic rings. The number of ether oxygens (including phenoxy) is 1. The van der Waals surface area contributed by atoms with Crippen molar-refractivity contribution in [2.45, 2.75) is 10.2 Å². The van der Waals surface area contributed by atoms with Crippen LogP contribution in [0.4, 0.5) is 0 Å². The van der Waals surface area contributed by atoms with E-state index in [1.165, 1.54) is 0 Å². The van der Waals surface area contributed by atoms with E-state index in [2.05, 4.69) is 4.98 Å². The molecule has 0 aliphatic heterocycles. The largest absolute Gasteiger partial charge is 0.461 e. The molecule has 6 heteroatoms. The van der Waals surface area contributed by atoms with Crippen molar-refractivity contribution in [3.8, 4) is 0 Å². The summed E-state index contributed by atoms with van der Waals surface area (Å²) < 4.78 is 3.17. The van der Waals surface area contributed by atoms with E-state index >= 15 is 0 Å². The Morgan fingerprint density at radius 1 is 1.40 bits per heavy atom. The first-order chi connectivity index (χ1) is 6.97. The van der Waals surface area contributed by atoms with E-state index in [4.69, 9.17) is 39.5 Å². The smallest absolute Gasteiger partial charge is 0.312 e. The SMILES string of the molecule is O=C(Cc1ccccn1)OCC(Cl)(Cl)Cl. The molecule has 0 N–H and O–H groups in total. The first-order valence-electron chi connectivity index (χ1n) is 4.10. The molecule has 15 heavy (non-hydrogen) atoms. The summed E-state index contributed by atoms with van der Waals surface area (Å²) in [6.45, 7) is -0.261. The molecule has 0 aliphatic rings. The summed E-state index contributed by atoms with van der Waals surface area (Å²) in [5.74, 6) is -0.472. The van der Waals surface area contributed by atoms with Gasteiger partial charge in [-0.3, -0.25) is 9.78 Å². The van der Waals surface area contributed by atoms with E-state index < -0.39 is 9.76 Å². The Labute approximate surface area is 102 Å². The maximum atomic E-state index is 11.2. The number of carbonyl (C=O) groups is 1. The molecule has 82 valence electrons. The fourth-order valence-corrected chi connectivity index (χ4v) is 1.03. The number of halogens is 3. The summed E-state index contributed by atoms with van der Waals surface area (Å²) in [5, 5.41) is 0. The second-order valence-corrected chi connectivity index (χ2v) is 5.29. The molecule has 3 nitrogen and oxygen atoms in total. The zero-order chi connectivity index (χ0) is 11.3. The van der Waals surface area contributed by atoms with Gasteiger partial charge in [0.05, 0.1) is 12.1 Å². The third-order valence-corrected chi connectivity index (χ3v) is 1.78. The molecule has 0 spiro atoms. The average molecular weight is 269 g/mol. The van der Waals surface area contributed by atoms with Crippen molar-refractivity contribution < 1.29 is 9.53 Å². The molecule has 1 rings (SSSR count). The number of pyridine rings is 1. The van der Waals surface area contributed by atoms with Gasteiger partial charge < -0.3 is 4.74 Å². The van der Waals surface area contributed by atoms with Gasteiger partial charge in [0.2, 0.25) is 3.79 Å². The highest BCUT2D eigenvalue weighted by molar-refractivity contribution is 6.67. The fourth-order valence-electron chi connectivity index (χ4n) is 0.864. The van der Waals surface area contributed by atoms with Crippen LogP contribution in [0.1, 0.15) is 5.69 Å². The molecule has 0 aromatic carbocycles. The highest BCUT2D eigenvalue weighted by Crippen LogP contribution is 2.25. The zero-order valence-electron chi connectivity index (χ0n) is 7.62. The normalized spacial score (nSPS) is 11.1. The van der Waals surface area contributed by atoms with E-state index in [9.17, 15) is 4.79 Å².